The number of rotatable bonds is 7. The molecule has 0 rings (SSSR count). The van der Waals surface area contributed by atoms with Gasteiger partial charge in [-0.2, -0.15) is 11.8 Å². The molecule has 0 heterocycles. The van der Waals surface area contributed by atoms with Crippen molar-refractivity contribution in [2.75, 3.05) is 37.6 Å². The second-order valence-electron chi connectivity index (χ2n) is 3.78. The molecule has 0 saturated carbocycles. The van der Waals surface area contributed by atoms with Crippen LogP contribution in [0.2, 0.25) is 0 Å². The number of nitrogens with two attached hydrogens (primary N) is 1. The summed E-state index contributed by atoms with van der Waals surface area (Å²) in [5.41, 5.74) is 5.69. The molecule has 96 valence electrons. The minimum Gasteiger partial charge on any atom is -0.343 e. The number of amides is 1. The van der Waals surface area contributed by atoms with Crippen LogP contribution < -0.4 is 5.73 Å². The van der Waals surface area contributed by atoms with Gasteiger partial charge >= 0.3 is 0 Å². The maximum absolute atomic E-state index is 11.7. The third-order valence-electron chi connectivity index (χ3n) is 2.12. The largest absolute Gasteiger partial charge is 0.343 e. The quantitative estimate of drug-likeness (QED) is 0.677. The van der Waals surface area contributed by atoms with Gasteiger partial charge in [-0.15, -0.1) is 0 Å². The first kappa shape index (κ1) is 15.7. The molecule has 0 aromatic carbocycles. The molecule has 0 aliphatic heterocycles. The lowest BCUT2D eigenvalue weighted by Gasteiger charge is -2.20. The molecule has 7 heteroatoms. The maximum Gasteiger partial charge on any atom is 0.239 e. The van der Waals surface area contributed by atoms with Crippen LogP contribution in [0.4, 0.5) is 0 Å². The molecule has 0 aromatic rings. The smallest absolute Gasteiger partial charge is 0.239 e. The molecule has 0 aromatic heterocycles. The molecule has 1 atom stereocenters. The lowest BCUT2D eigenvalue weighted by molar-refractivity contribution is -0.131. The summed E-state index contributed by atoms with van der Waals surface area (Å²) in [4.78, 5) is 13.0. The second kappa shape index (κ2) is 7.13. The van der Waals surface area contributed by atoms with Crippen LogP contribution >= 0.6 is 11.8 Å². The first-order chi connectivity index (χ1) is 7.28. The van der Waals surface area contributed by atoms with Gasteiger partial charge < -0.3 is 10.6 Å². The molecule has 2 N–H and O–H groups in total. The third-order valence-corrected chi connectivity index (χ3v) is 3.69. The fraction of sp³-hybridized carbons (Fsp3) is 0.889. The molecule has 0 saturated heterocycles. The Morgan fingerprint density at radius 1 is 1.50 bits per heavy atom. The number of carbonyl (C=O) groups excluding carboxylic acids is 1. The number of nitrogens with zero attached hydrogens (tertiary/aromatic N) is 1. The van der Waals surface area contributed by atoms with Gasteiger partial charge in [-0.25, -0.2) is 8.42 Å². The summed E-state index contributed by atoms with van der Waals surface area (Å²) in [5, 5.41) is 0. The van der Waals surface area contributed by atoms with E-state index in [4.69, 9.17) is 5.73 Å². The van der Waals surface area contributed by atoms with E-state index < -0.39 is 15.9 Å². The molecule has 0 fully saturated rings. The zero-order valence-electron chi connectivity index (χ0n) is 9.97. The minimum absolute atomic E-state index is 0.0233. The summed E-state index contributed by atoms with van der Waals surface area (Å²) in [7, 11) is -1.46. The van der Waals surface area contributed by atoms with E-state index in [-0.39, 0.29) is 18.2 Å². The number of carbonyl (C=O) groups is 1. The van der Waals surface area contributed by atoms with Crippen molar-refractivity contribution in [3.8, 4) is 0 Å². The van der Waals surface area contributed by atoms with Crippen molar-refractivity contribution in [1.82, 2.24) is 4.90 Å². The van der Waals surface area contributed by atoms with Gasteiger partial charge in [-0.05, 0) is 18.4 Å². The number of hydrogen-bond acceptors (Lipinski definition) is 5. The normalized spacial score (nSPS) is 13.5. The highest BCUT2D eigenvalue weighted by atomic mass is 32.2. The van der Waals surface area contributed by atoms with Gasteiger partial charge in [-0.3, -0.25) is 4.79 Å². The Hall–Kier alpha value is -0.270. The Morgan fingerprint density at radius 3 is 2.50 bits per heavy atom. The van der Waals surface area contributed by atoms with Crippen molar-refractivity contribution in [3.05, 3.63) is 0 Å². The Morgan fingerprint density at radius 2 is 2.06 bits per heavy atom. The highest BCUT2D eigenvalue weighted by molar-refractivity contribution is 7.98. The van der Waals surface area contributed by atoms with Crippen molar-refractivity contribution in [2.24, 2.45) is 5.73 Å². The van der Waals surface area contributed by atoms with Gasteiger partial charge in [0.2, 0.25) is 5.91 Å². The van der Waals surface area contributed by atoms with E-state index in [2.05, 4.69) is 0 Å². The summed E-state index contributed by atoms with van der Waals surface area (Å²) in [5.74, 6) is 0.606. The summed E-state index contributed by atoms with van der Waals surface area (Å²) in [6.07, 6.45) is 3.72. The standard InChI is InChI=1S/C9H20N2O3S2/c1-11(5-7-16(3,13)14)9(12)8(10)4-6-15-2/h8H,4-7,10H2,1-3H3/t8-/m0/s1. The molecule has 0 aliphatic carbocycles. The van der Waals surface area contributed by atoms with E-state index in [9.17, 15) is 13.2 Å². The van der Waals surface area contributed by atoms with Gasteiger partial charge in [-0.1, -0.05) is 0 Å². The van der Waals surface area contributed by atoms with Gasteiger partial charge in [0.25, 0.3) is 0 Å². The Bertz CT molecular complexity index is 317. The fourth-order valence-corrected chi connectivity index (χ4v) is 2.16. The third kappa shape index (κ3) is 7.08. The van der Waals surface area contributed by atoms with E-state index >= 15 is 0 Å². The second-order valence-corrected chi connectivity index (χ2v) is 7.02. The van der Waals surface area contributed by atoms with Gasteiger partial charge in [0.15, 0.2) is 0 Å². The van der Waals surface area contributed by atoms with Crippen molar-refractivity contribution < 1.29 is 13.2 Å². The summed E-state index contributed by atoms with van der Waals surface area (Å²) in [6.45, 7) is 0.199. The number of thioether (sulfide) groups is 1. The highest BCUT2D eigenvalue weighted by Crippen LogP contribution is 2.01. The molecule has 0 aliphatic rings. The molecule has 0 spiro atoms. The first-order valence-corrected chi connectivity index (χ1v) is 8.40. The molecule has 5 nitrogen and oxygen atoms in total. The van der Waals surface area contributed by atoms with Crippen molar-refractivity contribution in [2.45, 2.75) is 12.5 Å². The maximum atomic E-state index is 11.7. The van der Waals surface area contributed by atoms with E-state index in [1.165, 1.54) is 4.90 Å². The molecule has 0 radical (unpaired) electrons. The van der Waals surface area contributed by atoms with Crippen LogP contribution in [0, 0.1) is 0 Å². The number of likely N-dealkylation sites (N-methyl/N-ethyl adjacent to an activating group) is 1. The van der Waals surface area contributed by atoms with Crippen molar-refractivity contribution >= 4 is 27.5 Å². The van der Waals surface area contributed by atoms with Crippen LogP contribution in [0.15, 0.2) is 0 Å². The van der Waals surface area contributed by atoms with E-state index in [0.717, 1.165) is 12.0 Å². The Balaban J connectivity index is 4.07. The number of hydrogen-bond donors (Lipinski definition) is 1. The highest BCUT2D eigenvalue weighted by Gasteiger charge is 2.18. The van der Waals surface area contributed by atoms with Crippen LogP contribution in [0.25, 0.3) is 0 Å². The van der Waals surface area contributed by atoms with E-state index in [0.29, 0.717) is 6.42 Å². The van der Waals surface area contributed by atoms with E-state index in [1.807, 2.05) is 6.26 Å². The molecule has 0 bridgehead atoms. The van der Waals surface area contributed by atoms with Crippen molar-refractivity contribution in [3.63, 3.8) is 0 Å². The lowest BCUT2D eigenvalue weighted by atomic mass is 10.2. The Kier molecular flexibility index (Phi) is 7.01. The molecule has 1 amide bonds. The minimum atomic E-state index is -3.03. The molecule has 16 heavy (non-hydrogen) atoms. The summed E-state index contributed by atoms with van der Waals surface area (Å²) < 4.78 is 21.9. The monoisotopic (exact) mass is 268 g/mol. The molecule has 0 unspecified atom stereocenters. The predicted octanol–water partition coefficient (Wildman–Crippen LogP) is -0.430. The molecular weight excluding hydrogens is 248 g/mol. The number of sulfone groups is 1. The van der Waals surface area contributed by atoms with E-state index in [1.54, 1.807) is 18.8 Å². The van der Waals surface area contributed by atoms with Crippen LogP contribution in [0.1, 0.15) is 6.42 Å². The summed E-state index contributed by atoms with van der Waals surface area (Å²) >= 11 is 1.63. The van der Waals surface area contributed by atoms with Gasteiger partial charge in [0, 0.05) is 19.8 Å². The van der Waals surface area contributed by atoms with Crippen LogP contribution in [-0.4, -0.2) is 62.9 Å². The zero-order valence-corrected chi connectivity index (χ0v) is 11.6. The topological polar surface area (TPSA) is 80.5 Å². The molecular formula is C9H20N2O3S2. The zero-order chi connectivity index (χ0) is 12.8. The summed E-state index contributed by atoms with van der Waals surface area (Å²) in [6, 6.07) is -0.531. The fourth-order valence-electron chi connectivity index (χ4n) is 1.06. The predicted molar refractivity (Wildman–Crippen MR) is 68.3 cm³/mol. The Labute approximate surface area is 102 Å². The van der Waals surface area contributed by atoms with Crippen LogP contribution in [0.5, 0.6) is 0 Å². The van der Waals surface area contributed by atoms with Gasteiger partial charge in [0.05, 0.1) is 11.8 Å². The average molecular weight is 268 g/mol. The van der Waals surface area contributed by atoms with Gasteiger partial charge in [0.1, 0.15) is 9.84 Å². The SMILES string of the molecule is CSCC[C@H](N)C(=O)N(C)CCS(C)(=O)=O. The first-order valence-electron chi connectivity index (χ1n) is 4.95. The van der Waals surface area contributed by atoms with Crippen molar-refractivity contribution in [1.29, 1.82) is 0 Å². The lowest BCUT2D eigenvalue weighted by Crippen LogP contribution is -2.43. The van der Waals surface area contributed by atoms with Crippen LogP contribution in [-0.2, 0) is 14.6 Å². The average Bonchev–Trinajstić information content (AvgIpc) is 2.20. The van der Waals surface area contributed by atoms with Crippen LogP contribution in [0.3, 0.4) is 0 Å².